The SMILES string of the molecule is Cc1cccc(C)c1NC(=O)c1ccc(C(=O)Nc2ccccc2C#N)cc1. The highest BCUT2D eigenvalue weighted by Gasteiger charge is 2.12. The minimum absolute atomic E-state index is 0.237. The second-order valence-electron chi connectivity index (χ2n) is 6.41. The van der Waals surface area contributed by atoms with Crippen LogP contribution in [-0.2, 0) is 0 Å². The molecule has 0 aliphatic heterocycles. The van der Waals surface area contributed by atoms with Crippen molar-refractivity contribution in [2.24, 2.45) is 0 Å². The Hall–Kier alpha value is -3.91. The highest BCUT2D eigenvalue weighted by molar-refractivity contribution is 6.07. The summed E-state index contributed by atoms with van der Waals surface area (Å²) in [5, 5.41) is 14.8. The highest BCUT2D eigenvalue weighted by atomic mass is 16.2. The first-order chi connectivity index (χ1) is 13.5. The molecule has 138 valence electrons. The van der Waals surface area contributed by atoms with Crippen LogP contribution in [-0.4, -0.2) is 11.8 Å². The molecule has 0 fully saturated rings. The van der Waals surface area contributed by atoms with E-state index < -0.39 is 0 Å². The number of anilines is 2. The molecular weight excluding hydrogens is 350 g/mol. The van der Waals surface area contributed by atoms with Gasteiger partial charge in [-0.25, -0.2) is 0 Å². The van der Waals surface area contributed by atoms with E-state index in [1.807, 2.05) is 38.1 Å². The number of nitriles is 1. The van der Waals surface area contributed by atoms with E-state index in [1.165, 1.54) is 0 Å². The smallest absolute Gasteiger partial charge is 0.255 e. The summed E-state index contributed by atoms with van der Waals surface area (Å²) in [4.78, 5) is 24.9. The van der Waals surface area contributed by atoms with Crippen LogP contribution in [0.25, 0.3) is 0 Å². The lowest BCUT2D eigenvalue weighted by molar-refractivity contribution is 0.101. The van der Waals surface area contributed by atoms with E-state index in [0.29, 0.717) is 22.4 Å². The molecule has 0 aliphatic carbocycles. The number of benzene rings is 3. The van der Waals surface area contributed by atoms with Crippen LogP contribution in [0.1, 0.15) is 37.4 Å². The highest BCUT2D eigenvalue weighted by Crippen LogP contribution is 2.21. The zero-order valence-corrected chi connectivity index (χ0v) is 15.6. The molecule has 0 spiro atoms. The number of hydrogen-bond acceptors (Lipinski definition) is 3. The van der Waals surface area contributed by atoms with Crippen molar-refractivity contribution in [2.45, 2.75) is 13.8 Å². The van der Waals surface area contributed by atoms with Gasteiger partial charge >= 0.3 is 0 Å². The fraction of sp³-hybridized carbons (Fsp3) is 0.0870. The summed E-state index contributed by atoms with van der Waals surface area (Å²) in [5.74, 6) is -0.580. The van der Waals surface area contributed by atoms with Gasteiger partial charge in [0.25, 0.3) is 11.8 Å². The standard InChI is InChI=1S/C23H19N3O2/c1-15-6-5-7-16(2)21(15)26-23(28)18-12-10-17(11-13-18)22(27)25-20-9-4-3-8-19(20)14-24/h3-13H,1-2H3,(H,25,27)(H,26,28). The maximum atomic E-state index is 12.5. The van der Waals surface area contributed by atoms with Crippen LogP contribution >= 0.6 is 0 Å². The fourth-order valence-corrected chi connectivity index (χ4v) is 2.85. The molecule has 0 atom stereocenters. The minimum Gasteiger partial charge on any atom is -0.322 e. The van der Waals surface area contributed by atoms with Crippen LogP contribution in [0, 0.1) is 25.2 Å². The van der Waals surface area contributed by atoms with Crippen molar-refractivity contribution in [3.8, 4) is 6.07 Å². The van der Waals surface area contributed by atoms with E-state index >= 15 is 0 Å². The maximum Gasteiger partial charge on any atom is 0.255 e. The average Bonchev–Trinajstić information content (AvgIpc) is 2.71. The first kappa shape index (κ1) is 18.9. The molecule has 2 amide bonds. The molecule has 0 bridgehead atoms. The van der Waals surface area contributed by atoms with Crippen molar-refractivity contribution in [3.05, 3.63) is 94.5 Å². The minimum atomic E-state index is -0.343. The van der Waals surface area contributed by atoms with E-state index in [2.05, 4.69) is 10.6 Å². The number of nitrogens with one attached hydrogen (secondary N) is 2. The van der Waals surface area contributed by atoms with Gasteiger partial charge in [-0.15, -0.1) is 0 Å². The third-order valence-corrected chi connectivity index (χ3v) is 4.42. The number of aryl methyl sites for hydroxylation is 2. The summed E-state index contributed by atoms with van der Waals surface area (Å²) in [6, 6.07) is 21.0. The Morgan fingerprint density at radius 3 is 1.86 bits per heavy atom. The summed E-state index contributed by atoms with van der Waals surface area (Å²) in [5.41, 5.74) is 4.46. The normalized spacial score (nSPS) is 10.0. The van der Waals surface area contributed by atoms with Gasteiger partial charge in [-0.05, 0) is 61.4 Å². The maximum absolute atomic E-state index is 12.5. The zero-order valence-electron chi connectivity index (χ0n) is 15.6. The molecule has 28 heavy (non-hydrogen) atoms. The molecule has 0 unspecified atom stereocenters. The lowest BCUT2D eigenvalue weighted by Gasteiger charge is -2.12. The van der Waals surface area contributed by atoms with E-state index in [9.17, 15) is 9.59 Å². The molecule has 3 aromatic carbocycles. The molecular formula is C23H19N3O2. The van der Waals surface area contributed by atoms with Crippen LogP contribution < -0.4 is 10.6 Å². The van der Waals surface area contributed by atoms with Crippen molar-refractivity contribution >= 4 is 23.2 Å². The topological polar surface area (TPSA) is 82.0 Å². The number of hydrogen-bond donors (Lipinski definition) is 2. The lowest BCUT2D eigenvalue weighted by Crippen LogP contribution is -2.15. The number of para-hydroxylation sites is 2. The summed E-state index contributed by atoms with van der Waals surface area (Å²) < 4.78 is 0. The largest absolute Gasteiger partial charge is 0.322 e. The third kappa shape index (κ3) is 4.08. The van der Waals surface area contributed by atoms with Crippen LogP contribution in [0.2, 0.25) is 0 Å². The van der Waals surface area contributed by atoms with Crippen molar-refractivity contribution < 1.29 is 9.59 Å². The second kappa shape index (κ2) is 8.19. The van der Waals surface area contributed by atoms with Crippen molar-refractivity contribution in [2.75, 3.05) is 10.6 Å². The Labute approximate surface area is 163 Å². The average molecular weight is 369 g/mol. The van der Waals surface area contributed by atoms with E-state index in [0.717, 1.165) is 16.8 Å². The Kier molecular flexibility index (Phi) is 5.52. The number of rotatable bonds is 4. The number of carbonyl (C=O) groups excluding carboxylic acids is 2. The quantitative estimate of drug-likeness (QED) is 0.700. The van der Waals surface area contributed by atoms with Gasteiger partial charge in [0.1, 0.15) is 6.07 Å². The fourth-order valence-electron chi connectivity index (χ4n) is 2.85. The molecule has 0 radical (unpaired) electrons. The van der Waals surface area contributed by atoms with Gasteiger partial charge in [-0.2, -0.15) is 5.26 Å². The summed E-state index contributed by atoms with van der Waals surface area (Å²) in [6.45, 7) is 3.88. The molecule has 0 heterocycles. The predicted molar refractivity (Wildman–Crippen MR) is 109 cm³/mol. The Bertz CT molecular complexity index is 1060. The predicted octanol–water partition coefficient (Wildman–Crippen LogP) is 4.68. The number of nitrogens with zero attached hydrogens (tertiary/aromatic N) is 1. The van der Waals surface area contributed by atoms with Crippen molar-refractivity contribution in [1.82, 2.24) is 0 Å². The second-order valence-corrected chi connectivity index (χ2v) is 6.41. The Morgan fingerprint density at radius 2 is 1.29 bits per heavy atom. The molecule has 3 rings (SSSR count). The molecule has 2 N–H and O–H groups in total. The van der Waals surface area contributed by atoms with E-state index in [4.69, 9.17) is 5.26 Å². The van der Waals surface area contributed by atoms with Crippen LogP contribution in [0.3, 0.4) is 0 Å². The van der Waals surface area contributed by atoms with Crippen LogP contribution in [0.4, 0.5) is 11.4 Å². The van der Waals surface area contributed by atoms with Gasteiger partial charge in [-0.1, -0.05) is 30.3 Å². The molecule has 3 aromatic rings. The Balaban J connectivity index is 1.73. The van der Waals surface area contributed by atoms with Gasteiger partial charge in [0.05, 0.1) is 11.3 Å². The summed E-state index contributed by atoms with van der Waals surface area (Å²) in [6.07, 6.45) is 0. The van der Waals surface area contributed by atoms with E-state index in [-0.39, 0.29) is 11.8 Å². The van der Waals surface area contributed by atoms with Crippen LogP contribution in [0.15, 0.2) is 66.7 Å². The molecule has 0 aromatic heterocycles. The van der Waals surface area contributed by atoms with Crippen molar-refractivity contribution in [3.63, 3.8) is 0 Å². The monoisotopic (exact) mass is 369 g/mol. The third-order valence-electron chi connectivity index (χ3n) is 4.42. The first-order valence-electron chi connectivity index (χ1n) is 8.77. The van der Waals surface area contributed by atoms with Gasteiger partial charge in [0.15, 0.2) is 0 Å². The van der Waals surface area contributed by atoms with Gasteiger partial charge in [0.2, 0.25) is 0 Å². The lowest BCUT2D eigenvalue weighted by atomic mass is 10.1. The van der Waals surface area contributed by atoms with Gasteiger partial charge in [-0.3, -0.25) is 9.59 Å². The molecule has 0 aliphatic rings. The molecule has 0 saturated carbocycles. The van der Waals surface area contributed by atoms with Gasteiger partial charge in [0, 0.05) is 16.8 Å². The number of amides is 2. The van der Waals surface area contributed by atoms with Gasteiger partial charge < -0.3 is 10.6 Å². The zero-order chi connectivity index (χ0) is 20.1. The summed E-state index contributed by atoms with van der Waals surface area (Å²) >= 11 is 0. The first-order valence-corrected chi connectivity index (χ1v) is 8.77. The summed E-state index contributed by atoms with van der Waals surface area (Å²) in [7, 11) is 0. The Morgan fingerprint density at radius 1 is 0.750 bits per heavy atom. The number of carbonyl (C=O) groups is 2. The van der Waals surface area contributed by atoms with Crippen LogP contribution in [0.5, 0.6) is 0 Å². The van der Waals surface area contributed by atoms with Crippen molar-refractivity contribution in [1.29, 1.82) is 5.26 Å². The molecule has 0 saturated heterocycles. The molecule has 5 heteroatoms. The van der Waals surface area contributed by atoms with E-state index in [1.54, 1.807) is 48.5 Å². The molecule has 5 nitrogen and oxygen atoms in total.